The summed E-state index contributed by atoms with van der Waals surface area (Å²) in [6.07, 6.45) is 3.10. The Morgan fingerprint density at radius 2 is 1.69 bits per heavy atom. The average molecular weight is 391 g/mol. The number of anilines is 1. The van der Waals surface area contributed by atoms with Gasteiger partial charge in [-0.25, -0.2) is 13.5 Å². The van der Waals surface area contributed by atoms with Gasteiger partial charge in [0.25, 0.3) is 5.91 Å². The molecule has 2 aromatic carbocycles. The third-order valence-corrected chi connectivity index (χ3v) is 4.44. The van der Waals surface area contributed by atoms with Crippen molar-refractivity contribution >= 4 is 11.6 Å². The van der Waals surface area contributed by atoms with Crippen molar-refractivity contribution in [1.29, 1.82) is 0 Å². The largest absolute Gasteiger partial charge is 0.320 e. The average Bonchev–Trinajstić information content (AvgIpc) is 3.17. The third kappa shape index (κ3) is 3.47. The van der Waals surface area contributed by atoms with Crippen molar-refractivity contribution < 1.29 is 13.6 Å². The maximum absolute atomic E-state index is 14.4. The van der Waals surface area contributed by atoms with Gasteiger partial charge in [0.15, 0.2) is 5.69 Å². The zero-order chi connectivity index (χ0) is 20.4. The number of amides is 1. The summed E-state index contributed by atoms with van der Waals surface area (Å²) in [7, 11) is 0. The van der Waals surface area contributed by atoms with Crippen molar-refractivity contribution in [1.82, 2.24) is 20.0 Å². The second kappa shape index (κ2) is 7.59. The van der Waals surface area contributed by atoms with E-state index in [-0.39, 0.29) is 11.4 Å². The lowest BCUT2D eigenvalue weighted by Gasteiger charge is -2.10. The van der Waals surface area contributed by atoms with Gasteiger partial charge < -0.3 is 5.32 Å². The highest BCUT2D eigenvalue weighted by molar-refractivity contribution is 6.07. The molecule has 4 aromatic rings. The van der Waals surface area contributed by atoms with Crippen LogP contribution in [0.15, 0.2) is 67.0 Å². The maximum atomic E-state index is 14.4. The molecule has 0 aliphatic rings. The van der Waals surface area contributed by atoms with Crippen LogP contribution in [0.25, 0.3) is 16.9 Å². The number of aromatic nitrogens is 4. The minimum atomic E-state index is -0.590. The highest BCUT2D eigenvalue weighted by Gasteiger charge is 2.24. The Morgan fingerprint density at radius 1 is 0.966 bits per heavy atom. The SMILES string of the molecule is Cc1c(F)cccc1NC(=O)c1nnn(-c2ccccc2F)c1-c1ccncc1. The van der Waals surface area contributed by atoms with Crippen LogP contribution < -0.4 is 5.32 Å². The van der Waals surface area contributed by atoms with Gasteiger partial charge in [-0.2, -0.15) is 0 Å². The first kappa shape index (κ1) is 18.4. The fraction of sp³-hybridized carbons (Fsp3) is 0.0476. The number of hydrogen-bond donors (Lipinski definition) is 1. The van der Waals surface area contributed by atoms with Crippen molar-refractivity contribution in [3.63, 3.8) is 0 Å². The monoisotopic (exact) mass is 391 g/mol. The first-order valence-corrected chi connectivity index (χ1v) is 8.73. The molecule has 0 fully saturated rings. The second-order valence-electron chi connectivity index (χ2n) is 6.25. The molecular weight excluding hydrogens is 376 g/mol. The molecule has 8 heteroatoms. The van der Waals surface area contributed by atoms with Crippen LogP contribution in [0, 0.1) is 18.6 Å². The summed E-state index contributed by atoms with van der Waals surface area (Å²) < 4.78 is 29.5. The number of rotatable bonds is 4. The molecule has 2 aromatic heterocycles. The molecule has 1 N–H and O–H groups in total. The summed E-state index contributed by atoms with van der Waals surface area (Å²) in [4.78, 5) is 16.9. The summed E-state index contributed by atoms with van der Waals surface area (Å²) in [5, 5.41) is 10.6. The lowest BCUT2D eigenvalue weighted by Crippen LogP contribution is -2.15. The van der Waals surface area contributed by atoms with Gasteiger partial charge in [0.05, 0.1) is 0 Å². The number of para-hydroxylation sites is 1. The van der Waals surface area contributed by atoms with E-state index in [0.717, 1.165) is 0 Å². The molecule has 1 amide bonds. The van der Waals surface area contributed by atoms with Crippen LogP contribution in [0.1, 0.15) is 16.1 Å². The number of nitrogens with one attached hydrogen (secondary N) is 1. The summed E-state index contributed by atoms with van der Waals surface area (Å²) in [6.45, 7) is 1.56. The van der Waals surface area contributed by atoms with Gasteiger partial charge in [-0.05, 0) is 43.3 Å². The fourth-order valence-corrected chi connectivity index (χ4v) is 2.92. The molecule has 29 heavy (non-hydrogen) atoms. The molecule has 0 bridgehead atoms. The van der Waals surface area contributed by atoms with Gasteiger partial charge >= 0.3 is 0 Å². The van der Waals surface area contributed by atoms with Crippen LogP contribution in [-0.4, -0.2) is 25.9 Å². The van der Waals surface area contributed by atoms with Crippen LogP contribution >= 0.6 is 0 Å². The van der Waals surface area contributed by atoms with Crippen LogP contribution in [0.3, 0.4) is 0 Å². The minimum Gasteiger partial charge on any atom is -0.320 e. The lowest BCUT2D eigenvalue weighted by molar-refractivity contribution is 0.102. The number of carbonyl (C=O) groups excluding carboxylic acids is 1. The lowest BCUT2D eigenvalue weighted by atomic mass is 10.1. The Morgan fingerprint density at radius 3 is 2.45 bits per heavy atom. The number of pyridine rings is 1. The van der Waals surface area contributed by atoms with Gasteiger partial charge in [0.1, 0.15) is 23.0 Å². The Labute approximate surface area is 164 Å². The van der Waals surface area contributed by atoms with E-state index in [1.54, 1.807) is 49.6 Å². The van der Waals surface area contributed by atoms with Crippen LogP contribution in [0.5, 0.6) is 0 Å². The Hall–Kier alpha value is -3.94. The zero-order valence-corrected chi connectivity index (χ0v) is 15.3. The highest BCUT2D eigenvalue weighted by atomic mass is 19.1. The quantitative estimate of drug-likeness (QED) is 0.567. The molecule has 4 rings (SSSR count). The zero-order valence-electron chi connectivity index (χ0n) is 15.3. The fourth-order valence-electron chi connectivity index (χ4n) is 2.92. The summed E-state index contributed by atoms with van der Waals surface area (Å²) in [5.74, 6) is -1.54. The van der Waals surface area contributed by atoms with E-state index in [4.69, 9.17) is 0 Å². The predicted molar refractivity (Wildman–Crippen MR) is 104 cm³/mol. The second-order valence-corrected chi connectivity index (χ2v) is 6.25. The molecule has 0 aliphatic heterocycles. The van der Waals surface area contributed by atoms with E-state index < -0.39 is 17.5 Å². The van der Waals surface area contributed by atoms with Crippen LogP contribution in [0.2, 0.25) is 0 Å². The van der Waals surface area contributed by atoms with Gasteiger partial charge in [-0.3, -0.25) is 9.78 Å². The molecule has 0 radical (unpaired) electrons. The Balaban J connectivity index is 1.83. The van der Waals surface area contributed by atoms with Crippen molar-refractivity contribution in [3.8, 4) is 16.9 Å². The van der Waals surface area contributed by atoms with Gasteiger partial charge in [0, 0.05) is 29.2 Å². The van der Waals surface area contributed by atoms with E-state index in [0.29, 0.717) is 22.5 Å². The topological polar surface area (TPSA) is 72.7 Å². The first-order chi connectivity index (χ1) is 14.1. The molecule has 0 spiro atoms. The maximum Gasteiger partial charge on any atom is 0.278 e. The van der Waals surface area contributed by atoms with Gasteiger partial charge in [-0.1, -0.05) is 23.4 Å². The summed E-state index contributed by atoms with van der Waals surface area (Å²) in [6, 6.07) is 13.8. The molecule has 0 atom stereocenters. The molecule has 2 heterocycles. The minimum absolute atomic E-state index is 0.0249. The molecule has 0 unspecified atom stereocenters. The smallest absolute Gasteiger partial charge is 0.278 e. The van der Waals surface area contributed by atoms with Gasteiger partial charge in [-0.15, -0.1) is 5.10 Å². The molecule has 6 nitrogen and oxygen atoms in total. The number of carbonyl (C=O) groups is 1. The van der Waals surface area contributed by atoms with Crippen LogP contribution in [0.4, 0.5) is 14.5 Å². The third-order valence-electron chi connectivity index (χ3n) is 4.44. The standard InChI is InChI=1S/C21H15F2N5O/c1-13-15(22)6-4-7-17(13)25-21(29)19-20(14-9-11-24-12-10-14)28(27-26-19)18-8-3-2-5-16(18)23/h2-12H,1H3,(H,25,29). The van der Waals surface area contributed by atoms with E-state index in [1.807, 2.05) is 0 Å². The molecule has 0 saturated heterocycles. The van der Waals surface area contributed by atoms with Crippen molar-refractivity contribution in [2.75, 3.05) is 5.32 Å². The molecule has 144 valence electrons. The van der Waals surface area contributed by atoms with E-state index in [2.05, 4.69) is 20.6 Å². The predicted octanol–water partition coefficient (Wildman–Crippen LogP) is 4.17. The van der Waals surface area contributed by atoms with Crippen molar-refractivity contribution in [2.24, 2.45) is 0 Å². The highest BCUT2D eigenvalue weighted by Crippen LogP contribution is 2.27. The number of hydrogen-bond acceptors (Lipinski definition) is 4. The summed E-state index contributed by atoms with van der Waals surface area (Å²) >= 11 is 0. The first-order valence-electron chi connectivity index (χ1n) is 8.73. The Bertz CT molecular complexity index is 1190. The van der Waals surface area contributed by atoms with Crippen molar-refractivity contribution in [2.45, 2.75) is 6.92 Å². The summed E-state index contributed by atoms with van der Waals surface area (Å²) in [5.41, 5.74) is 1.61. The van der Waals surface area contributed by atoms with E-state index in [9.17, 15) is 13.6 Å². The molecule has 0 aliphatic carbocycles. The number of halogens is 2. The number of benzene rings is 2. The number of nitrogens with zero attached hydrogens (tertiary/aromatic N) is 4. The Kier molecular flexibility index (Phi) is 4.82. The molecule has 0 saturated carbocycles. The van der Waals surface area contributed by atoms with Crippen molar-refractivity contribution in [3.05, 3.63) is 89.9 Å². The van der Waals surface area contributed by atoms with Crippen LogP contribution in [-0.2, 0) is 0 Å². The normalized spacial score (nSPS) is 10.7. The van der Waals surface area contributed by atoms with E-state index >= 15 is 0 Å². The molecular formula is C21H15F2N5O. The van der Waals surface area contributed by atoms with E-state index in [1.165, 1.54) is 28.9 Å². The van der Waals surface area contributed by atoms with Gasteiger partial charge in [0.2, 0.25) is 0 Å².